The fraction of sp³-hybridized carbons (Fsp3) is 0.0870. The monoisotopic (exact) mass is 430 g/mol. The molecular formula is C23H18N4O3S. The summed E-state index contributed by atoms with van der Waals surface area (Å²) in [5, 5.41) is 3.34. The topological polar surface area (TPSA) is 92.3 Å². The first-order valence-corrected chi connectivity index (χ1v) is 10.4. The molecule has 0 atom stereocenters. The minimum absolute atomic E-state index is 0.102. The van der Waals surface area contributed by atoms with Gasteiger partial charge < -0.3 is 5.32 Å². The third-order valence-electron chi connectivity index (χ3n) is 4.57. The number of imide groups is 1. The molecule has 0 spiro atoms. The van der Waals surface area contributed by atoms with E-state index in [1.54, 1.807) is 42.9 Å². The summed E-state index contributed by atoms with van der Waals surface area (Å²) in [6, 6.07) is 13.1. The number of rotatable bonds is 6. The second kappa shape index (κ2) is 9.36. The maximum absolute atomic E-state index is 12.5. The van der Waals surface area contributed by atoms with Gasteiger partial charge in [-0.15, -0.1) is 0 Å². The predicted octanol–water partition coefficient (Wildman–Crippen LogP) is 3.50. The molecule has 0 bridgehead atoms. The zero-order valence-corrected chi connectivity index (χ0v) is 17.2. The van der Waals surface area contributed by atoms with Gasteiger partial charge in [-0.1, -0.05) is 30.3 Å². The van der Waals surface area contributed by atoms with Gasteiger partial charge in [-0.25, -0.2) is 0 Å². The fourth-order valence-electron chi connectivity index (χ4n) is 3.08. The Balaban J connectivity index is 1.33. The molecule has 8 heteroatoms. The summed E-state index contributed by atoms with van der Waals surface area (Å²) < 4.78 is 0. The summed E-state index contributed by atoms with van der Waals surface area (Å²) in [4.78, 5) is 46.6. The first kappa shape index (κ1) is 20.5. The van der Waals surface area contributed by atoms with E-state index < -0.39 is 0 Å². The van der Waals surface area contributed by atoms with Gasteiger partial charge in [0.15, 0.2) is 0 Å². The van der Waals surface area contributed by atoms with Crippen LogP contribution in [0, 0.1) is 0 Å². The van der Waals surface area contributed by atoms with Crippen LogP contribution in [0.15, 0.2) is 72.0 Å². The van der Waals surface area contributed by atoms with Gasteiger partial charge in [-0.05, 0) is 41.6 Å². The van der Waals surface area contributed by atoms with Crippen molar-refractivity contribution in [3.8, 4) is 0 Å². The second-order valence-electron chi connectivity index (χ2n) is 6.67. The van der Waals surface area contributed by atoms with Gasteiger partial charge in [0.25, 0.3) is 11.1 Å². The SMILES string of the molecule is O=C(/C=C/c1cccc2cccnc12)NCCN1C(=O)S/C(=C\c2cccnc2)C1=O. The van der Waals surface area contributed by atoms with E-state index in [0.29, 0.717) is 4.91 Å². The number of para-hydroxylation sites is 1. The van der Waals surface area contributed by atoms with E-state index in [2.05, 4.69) is 15.3 Å². The summed E-state index contributed by atoms with van der Waals surface area (Å²) in [5.74, 6) is -0.684. The number of nitrogens with one attached hydrogen (secondary N) is 1. The zero-order chi connectivity index (χ0) is 21.6. The van der Waals surface area contributed by atoms with Crippen molar-refractivity contribution in [1.29, 1.82) is 0 Å². The van der Waals surface area contributed by atoms with Crippen LogP contribution in [0.4, 0.5) is 4.79 Å². The van der Waals surface area contributed by atoms with Crippen molar-refractivity contribution < 1.29 is 14.4 Å². The van der Waals surface area contributed by atoms with E-state index in [-0.39, 0.29) is 30.1 Å². The molecule has 1 saturated heterocycles. The first-order chi connectivity index (χ1) is 15.1. The largest absolute Gasteiger partial charge is 0.351 e. The summed E-state index contributed by atoms with van der Waals surface area (Å²) in [6.07, 6.45) is 9.71. The average Bonchev–Trinajstić information content (AvgIpc) is 3.05. The first-order valence-electron chi connectivity index (χ1n) is 9.57. The second-order valence-corrected chi connectivity index (χ2v) is 7.66. The molecule has 3 heterocycles. The number of thioether (sulfide) groups is 1. The van der Waals surface area contributed by atoms with Crippen molar-refractivity contribution in [3.05, 3.63) is 83.2 Å². The van der Waals surface area contributed by atoms with E-state index >= 15 is 0 Å². The van der Waals surface area contributed by atoms with Gasteiger partial charge in [0, 0.05) is 48.7 Å². The Morgan fingerprint density at radius 2 is 1.94 bits per heavy atom. The zero-order valence-electron chi connectivity index (χ0n) is 16.4. The highest BCUT2D eigenvalue weighted by Gasteiger charge is 2.34. The summed E-state index contributed by atoms with van der Waals surface area (Å²) in [6.45, 7) is 0.264. The Kier molecular flexibility index (Phi) is 6.18. The highest BCUT2D eigenvalue weighted by atomic mass is 32.2. The van der Waals surface area contributed by atoms with Crippen LogP contribution in [-0.4, -0.2) is 45.0 Å². The third-order valence-corrected chi connectivity index (χ3v) is 5.48. The van der Waals surface area contributed by atoms with Crippen molar-refractivity contribution in [1.82, 2.24) is 20.2 Å². The van der Waals surface area contributed by atoms with E-state index in [1.807, 2.05) is 30.3 Å². The lowest BCUT2D eigenvalue weighted by molar-refractivity contribution is -0.123. The normalized spacial score (nSPS) is 15.4. The highest BCUT2D eigenvalue weighted by molar-refractivity contribution is 8.18. The number of carbonyl (C=O) groups excluding carboxylic acids is 3. The smallest absolute Gasteiger partial charge is 0.293 e. The van der Waals surface area contributed by atoms with Crippen LogP contribution >= 0.6 is 11.8 Å². The molecule has 0 radical (unpaired) electrons. The van der Waals surface area contributed by atoms with Crippen LogP contribution in [0.5, 0.6) is 0 Å². The van der Waals surface area contributed by atoms with Gasteiger partial charge in [0.05, 0.1) is 10.4 Å². The molecule has 4 rings (SSSR count). The van der Waals surface area contributed by atoms with E-state index in [0.717, 1.165) is 38.7 Å². The molecule has 1 fully saturated rings. The molecule has 1 aromatic carbocycles. The Bertz CT molecular complexity index is 1200. The molecule has 0 unspecified atom stereocenters. The van der Waals surface area contributed by atoms with Crippen molar-refractivity contribution >= 4 is 51.9 Å². The molecule has 2 aromatic heterocycles. The number of benzene rings is 1. The minimum atomic E-state index is -0.370. The highest BCUT2D eigenvalue weighted by Crippen LogP contribution is 2.31. The van der Waals surface area contributed by atoms with Gasteiger partial charge in [0.2, 0.25) is 5.91 Å². The van der Waals surface area contributed by atoms with E-state index in [4.69, 9.17) is 0 Å². The number of carbonyl (C=O) groups is 3. The Hall–Kier alpha value is -3.78. The summed E-state index contributed by atoms with van der Waals surface area (Å²) >= 11 is 0.881. The minimum Gasteiger partial charge on any atom is -0.351 e. The maximum atomic E-state index is 12.5. The van der Waals surface area contributed by atoms with Crippen molar-refractivity contribution in [2.75, 3.05) is 13.1 Å². The van der Waals surface area contributed by atoms with Crippen LogP contribution in [0.25, 0.3) is 23.1 Å². The van der Waals surface area contributed by atoms with Crippen molar-refractivity contribution in [3.63, 3.8) is 0 Å². The van der Waals surface area contributed by atoms with Crippen LogP contribution in [0.1, 0.15) is 11.1 Å². The molecule has 1 N–H and O–H groups in total. The molecule has 7 nitrogen and oxygen atoms in total. The number of nitrogens with zero attached hydrogens (tertiary/aromatic N) is 3. The molecule has 0 saturated carbocycles. The molecule has 1 aliphatic rings. The standard InChI is InChI=1S/C23H18N4O3S/c28-20(9-8-18-6-1-5-17-7-3-11-26-21(17)18)25-12-13-27-22(29)19(31-23(27)30)14-16-4-2-10-24-15-16/h1-11,14-15H,12-13H2,(H,25,28)/b9-8+,19-14-. The number of hydrogen-bond acceptors (Lipinski definition) is 6. The number of aromatic nitrogens is 2. The number of fused-ring (bicyclic) bond motifs is 1. The van der Waals surface area contributed by atoms with Crippen LogP contribution in [-0.2, 0) is 9.59 Å². The third kappa shape index (κ3) is 4.87. The van der Waals surface area contributed by atoms with Crippen molar-refractivity contribution in [2.45, 2.75) is 0 Å². The molecule has 31 heavy (non-hydrogen) atoms. The molecular weight excluding hydrogens is 412 g/mol. The quantitative estimate of drug-likeness (QED) is 0.602. The Morgan fingerprint density at radius 1 is 1.10 bits per heavy atom. The summed E-state index contributed by atoms with van der Waals surface area (Å²) in [5.41, 5.74) is 2.39. The lowest BCUT2D eigenvalue weighted by Gasteiger charge is -2.12. The predicted molar refractivity (Wildman–Crippen MR) is 121 cm³/mol. The molecule has 3 amide bonds. The van der Waals surface area contributed by atoms with Gasteiger partial charge >= 0.3 is 0 Å². The average molecular weight is 430 g/mol. The molecule has 0 aliphatic carbocycles. The molecule has 1 aliphatic heterocycles. The Labute approximate surface area is 182 Å². The number of pyridine rings is 2. The number of hydrogen-bond donors (Lipinski definition) is 1. The van der Waals surface area contributed by atoms with Crippen LogP contribution in [0.2, 0.25) is 0 Å². The van der Waals surface area contributed by atoms with Gasteiger partial charge in [-0.2, -0.15) is 0 Å². The van der Waals surface area contributed by atoms with Crippen LogP contribution in [0.3, 0.4) is 0 Å². The van der Waals surface area contributed by atoms with E-state index in [9.17, 15) is 14.4 Å². The van der Waals surface area contributed by atoms with E-state index in [1.165, 1.54) is 6.08 Å². The van der Waals surface area contributed by atoms with Gasteiger partial charge in [-0.3, -0.25) is 29.3 Å². The molecule has 3 aromatic rings. The number of amides is 3. The lowest BCUT2D eigenvalue weighted by atomic mass is 10.1. The van der Waals surface area contributed by atoms with Crippen LogP contribution < -0.4 is 5.32 Å². The summed E-state index contributed by atoms with van der Waals surface area (Å²) in [7, 11) is 0. The van der Waals surface area contributed by atoms with Gasteiger partial charge in [0.1, 0.15) is 0 Å². The maximum Gasteiger partial charge on any atom is 0.293 e. The Morgan fingerprint density at radius 3 is 2.77 bits per heavy atom. The molecule has 154 valence electrons. The van der Waals surface area contributed by atoms with Crippen molar-refractivity contribution in [2.24, 2.45) is 0 Å². The lowest BCUT2D eigenvalue weighted by Crippen LogP contribution is -2.36. The fourth-order valence-corrected chi connectivity index (χ4v) is 3.95.